The van der Waals surface area contributed by atoms with Gasteiger partial charge >= 0.3 is 0 Å². The number of hydrogen-bond acceptors (Lipinski definition) is 5. The summed E-state index contributed by atoms with van der Waals surface area (Å²) in [5.41, 5.74) is 3.01. The molecule has 2 aliphatic rings. The lowest BCUT2D eigenvalue weighted by Crippen LogP contribution is -2.43. The van der Waals surface area contributed by atoms with E-state index in [0.717, 1.165) is 34.9 Å². The number of aromatic nitrogens is 1. The zero-order valence-electron chi connectivity index (χ0n) is 18.4. The Morgan fingerprint density at radius 2 is 1.72 bits per heavy atom. The van der Waals surface area contributed by atoms with Gasteiger partial charge in [-0.3, -0.25) is 9.59 Å². The number of pyridine rings is 1. The van der Waals surface area contributed by atoms with Crippen LogP contribution in [0, 0.1) is 5.92 Å². The van der Waals surface area contributed by atoms with E-state index < -0.39 is 6.04 Å². The summed E-state index contributed by atoms with van der Waals surface area (Å²) in [4.78, 5) is 31.3. The second kappa shape index (κ2) is 7.89. The summed E-state index contributed by atoms with van der Waals surface area (Å²) in [6, 6.07) is 10.8. The van der Waals surface area contributed by atoms with Gasteiger partial charge in [0.1, 0.15) is 5.75 Å². The lowest BCUT2D eigenvalue weighted by Gasteiger charge is -2.38. The number of ether oxygens (including phenoxy) is 3. The maximum Gasteiger partial charge on any atom is 0.254 e. The predicted molar refractivity (Wildman–Crippen MR) is 121 cm³/mol. The predicted octanol–water partition coefficient (Wildman–Crippen LogP) is 3.44. The number of aromatic amines is 1. The minimum Gasteiger partial charge on any atom is -0.497 e. The highest BCUT2D eigenvalue weighted by atomic mass is 16.5. The molecule has 7 nitrogen and oxygen atoms in total. The van der Waals surface area contributed by atoms with Crippen LogP contribution in [0.3, 0.4) is 0 Å². The third kappa shape index (κ3) is 3.38. The number of hydrogen-bond donors (Lipinski definition) is 1. The minimum absolute atomic E-state index is 0.0545. The van der Waals surface area contributed by atoms with Crippen molar-refractivity contribution in [2.45, 2.75) is 25.3 Å². The molecule has 0 radical (unpaired) electrons. The lowest BCUT2D eigenvalue weighted by atomic mass is 9.87. The number of nitrogens with one attached hydrogen (secondary N) is 1. The third-order valence-electron chi connectivity index (χ3n) is 6.46. The lowest BCUT2D eigenvalue weighted by molar-refractivity contribution is -0.134. The molecule has 0 saturated heterocycles. The van der Waals surface area contributed by atoms with E-state index >= 15 is 0 Å². The van der Waals surface area contributed by atoms with Gasteiger partial charge in [-0.15, -0.1) is 0 Å². The Hall–Kier alpha value is -3.48. The molecule has 1 aromatic heterocycles. The number of amides is 1. The Labute approximate surface area is 185 Å². The van der Waals surface area contributed by atoms with Gasteiger partial charge in [-0.2, -0.15) is 0 Å². The van der Waals surface area contributed by atoms with Crippen LogP contribution in [0.1, 0.15) is 35.6 Å². The van der Waals surface area contributed by atoms with Crippen LogP contribution in [0.5, 0.6) is 17.2 Å². The van der Waals surface area contributed by atoms with E-state index in [1.165, 1.54) is 0 Å². The number of benzene rings is 2. The van der Waals surface area contributed by atoms with Crippen molar-refractivity contribution < 1.29 is 19.0 Å². The molecule has 166 valence electrons. The van der Waals surface area contributed by atoms with E-state index in [0.29, 0.717) is 35.8 Å². The standard InChI is InChI=1S/C25H26N2O5/c1-30-17-6-7-20-16(10-17)11-19(24(28)26-20)23-18-13-22(32-3)21(31-2)12-15(18)8-9-27(23)25(29)14-4-5-14/h6-7,10-14,23H,4-5,8-9H2,1-3H3,(H,26,28)/t23-/m1/s1. The quantitative estimate of drug-likeness (QED) is 0.665. The first-order valence-electron chi connectivity index (χ1n) is 10.8. The number of fused-ring (bicyclic) bond motifs is 2. The zero-order chi connectivity index (χ0) is 22.4. The first-order chi connectivity index (χ1) is 15.5. The Kier molecular flexibility index (Phi) is 5.04. The summed E-state index contributed by atoms with van der Waals surface area (Å²) in [6.07, 6.45) is 2.52. The molecular formula is C25H26N2O5. The van der Waals surface area contributed by atoms with Crippen molar-refractivity contribution >= 4 is 16.8 Å². The fourth-order valence-corrected chi connectivity index (χ4v) is 4.62. The van der Waals surface area contributed by atoms with Crippen LogP contribution in [0.15, 0.2) is 41.2 Å². The maximum absolute atomic E-state index is 13.2. The zero-order valence-corrected chi connectivity index (χ0v) is 18.4. The Morgan fingerprint density at radius 1 is 0.969 bits per heavy atom. The molecule has 5 rings (SSSR count). The van der Waals surface area contributed by atoms with Crippen LogP contribution in [-0.2, 0) is 11.2 Å². The fraction of sp³-hybridized carbons (Fsp3) is 0.360. The largest absolute Gasteiger partial charge is 0.497 e. The van der Waals surface area contributed by atoms with E-state index in [2.05, 4.69) is 4.98 Å². The minimum atomic E-state index is -0.494. The van der Waals surface area contributed by atoms with Crippen LogP contribution in [-0.4, -0.2) is 43.7 Å². The highest BCUT2D eigenvalue weighted by Crippen LogP contribution is 2.43. The number of nitrogens with zero attached hydrogens (tertiary/aromatic N) is 1. The maximum atomic E-state index is 13.2. The number of carbonyl (C=O) groups is 1. The highest BCUT2D eigenvalue weighted by molar-refractivity contribution is 5.84. The average molecular weight is 434 g/mol. The first kappa shape index (κ1) is 20.4. The summed E-state index contributed by atoms with van der Waals surface area (Å²) in [5.74, 6) is 2.09. The van der Waals surface area contributed by atoms with Gasteiger partial charge in [0.2, 0.25) is 5.91 Å². The van der Waals surface area contributed by atoms with Crippen molar-refractivity contribution in [1.82, 2.24) is 9.88 Å². The highest BCUT2D eigenvalue weighted by Gasteiger charge is 2.40. The number of rotatable bonds is 5. The number of methoxy groups -OCH3 is 3. The van der Waals surface area contributed by atoms with Crippen molar-refractivity contribution in [2.75, 3.05) is 27.9 Å². The summed E-state index contributed by atoms with van der Waals surface area (Å²) in [6.45, 7) is 0.554. The summed E-state index contributed by atoms with van der Waals surface area (Å²) >= 11 is 0. The third-order valence-corrected chi connectivity index (χ3v) is 6.46. The molecule has 1 N–H and O–H groups in total. The van der Waals surface area contributed by atoms with Crippen LogP contribution in [0.2, 0.25) is 0 Å². The molecule has 3 aromatic rings. The molecule has 1 aliphatic carbocycles. The van der Waals surface area contributed by atoms with Crippen LogP contribution in [0.25, 0.3) is 10.9 Å². The van der Waals surface area contributed by atoms with Crippen LogP contribution >= 0.6 is 0 Å². The summed E-state index contributed by atoms with van der Waals surface area (Å²) < 4.78 is 16.4. The number of H-pyrrole nitrogens is 1. The number of carbonyl (C=O) groups excluding carboxylic acids is 1. The second-order valence-electron chi connectivity index (χ2n) is 8.37. The molecule has 2 heterocycles. The molecule has 1 fully saturated rings. The van der Waals surface area contributed by atoms with Crippen molar-refractivity contribution in [3.05, 3.63) is 63.4 Å². The molecule has 1 aliphatic heterocycles. The van der Waals surface area contributed by atoms with Gasteiger partial charge in [0.25, 0.3) is 5.56 Å². The van der Waals surface area contributed by atoms with Crippen molar-refractivity contribution in [3.63, 3.8) is 0 Å². The molecule has 1 amide bonds. The van der Waals surface area contributed by atoms with Crippen molar-refractivity contribution in [2.24, 2.45) is 5.92 Å². The fourth-order valence-electron chi connectivity index (χ4n) is 4.62. The molecule has 32 heavy (non-hydrogen) atoms. The Bertz CT molecular complexity index is 1260. The molecular weight excluding hydrogens is 408 g/mol. The molecule has 1 atom stereocenters. The molecule has 0 spiro atoms. The second-order valence-corrected chi connectivity index (χ2v) is 8.37. The Balaban J connectivity index is 1.72. The SMILES string of the molecule is COc1ccc2[nH]c(=O)c([C@H]3c4cc(OC)c(OC)cc4CCN3C(=O)C3CC3)cc2c1. The molecule has 2 aromatic carbocycles. The van der Waals surface area contributed by atoms with Crippen LogP contribution in [0.4, 0.5) is 0 Å². The van der Waals surface area contributed by atoms with E-state index in [-0.39, 0.29) is 17.4 Å². The van der Waals surface area contributed by atoms with Crippen molar-refractivity contribution in [1.29, 1.82) is 0 Å². The molecule has 0 unspecified atom stereocenters. The van der Waals surface area contributed by atoms with Gasteiger partial charge < -0.3 is 24.1 Å². The summed E-state index contributed by atoms with van der Waals surface area (Å²) in [5, 5.41) is 0.852. The van der Waals surface area contributed by atoms with Gasteiger partial charge in [0, 0.05) is 28.9 Å². The van der Waals surface area contributed by atoms with Crippen LogP contribution < -0.4 is 19.8 Å². The van der Waals surface area contributed by atoms with E-state index in [4.69, 9.17) is 14.2 Å². The van der Waals surface area contributed by atoms with Crippen molar-refractivity contribution in [3.8, 4) is 17.2 Å². The normalized spacial score (nSPS) is 17.7. The van der Waals surface area contributed by atoms with Gasteiger partial charge in [-0.05, 0) is 66.8 Å². The van der Waals surface area contributed by atoms with Gasteiger partial charge in [0.05, 0.1) is 27.4 Å². The van der Waals surface area contributed by atoms with Gasteiger partial charge in [-0.1, -0.05) is 0 Å². The van der Waals surface area contributed by atoms with Gasteiger partial charge in [0.15, 0.2) is 11.5 Å². The monoisotopic (exact) mass is 434 g/mol. The topological polar surface area (TPSA) is 80.9 Å². The van der Waals surface area contributed by atoms with E-state index in [9.17, 15) is 9.59 Å². The van der Waals surface area contributed by atoms with Gasteiger partial charge in [-0.25, -0.2) is 0 Å². The molecule has 0 bridgehead atoms. The summed E-state index contributed by atoms with van der Waals surface area (Å²) in [7, 11) is 4.81. The molecule has 7 heteroatoms. The molecule has 1 saturated carbocycles. The van der Waals surface area contributed by atoms with E-state index in [1.807, 2.05) is 41.3 Å². The first-order valence-corrected chi connectivity index (χ1v) is 10.8. The Morgan fingerprint density at radius 3 is 2.41 bits per heavy atom. The average Bonchev–Trinajstić information content (AvgIpc) is 3.67. The van der Waals surface area contributed by atoms with E-state index in [1.54, 1.807) is 21.3 Å². The smallest absolute Gasteiger partial charge is 0.254 e.